The van der Waals surface area contributed by atoms with Crippen molar-refractivity contribution in [1.29, 1.82) is 0 Å². The fraction of sp³-hybridized carbons (Fsp3) is 0.500. The van der Waals surface area contributed by atoms with Crippen LogP contribution in [0.2, 0.25) is 0 Å². The second kappa shape index (κ2) is 5.07. The highest BCUT2D eigenvalue weighted by molar-refractivity contribution is 6.05. The molecule has 3 nitrogen and oxygen atoms in total. The van der Waals surface area contributed by atoms with Crippen LogP contribution < -0.4 is 0 Å². The van der Waals surface area contributed by atoms with Crippen LogP contribution in [0.25, 0.3) is 22.1 Å². The summed E-state index contributed by atoms with van der Waals surface area (Å²) in [7, 11) is 0. The molecule has 2 unspecified atom stereocenters. The van der Waals surface area contributed by atoms with Gasteiger partial charge in [0.1, 0.15) is 5.58 Å². The van der Waals surface area contributed by atoms with Crippen molar-refractivity contribution < 1.29 is 4.42 Å². The van der Waals surface area contributed by atoms with E-state index in [1.165, 1.54) is 42.4 Å². The number of furan rings is 1. The minimum absolute atomic E-state index is 0.371. The summed E-state index contributed by atoms with van der Waals surface area (Å²) in [5.41, 5.74) is 6.01. The number of benzene rings is 1. The Morgan fingerprint density at radius 3 is 2.52 bits per heavy atom. The summed E-state index contributed by atoms with van der Waals surface area (Å²) in [5, 5.41) is 2.36. The molecule has 6 rings (SSSR count). The van der Waals surface area contributed by atoms with E-state index in [4.69, 9.17) is 4.42 Å². The Morgan fingerprint density at radius 1 is 1.08 bits per heavy atom. The second-order valence-corrected chi connectivity index (χ2v) is 8.49. The van der Waals surface area contributed by atoms with Crippen LogP contribution in [0.5, 0.6) is 0 Å². The third-order valence-electron chi connectivity index (χ3n) is 6.96. The molecule has 25 heavy (non-hydrogen) atoms. The topological polar surface area (TPSA) is 29.3 Å². The first-order chi connectivity index (χ1) is 12.0. The number of hydrogen-bond donors (Lipinski definition) is 0. The first-order valence-corrected chi connectivity index (χ1v) is 9.51. The van der Waals surface area contributed by atoms with E-state index in [0.717, 1.165) is 22.4 Å². The fourth-order valence-corrected chi connectivity index (χ4v) is 5.45. The third-order valence-corrected chi connectivity index (χ3v) is 6.96. The monoisotopic (exact) mass is 334 g/mol. The zero-order valence-corrected chi connectivity index (χ0v) is 15.6. The molecular formula is C22H26N2O. The predicted molar refractivity (Wildman–Crippen MR) is 102 cm³/mol. The minimum atomic E-state index is 0.371. The van der Waals surface area contributed by atoms with Gasteiger partial charge in [-0.15, -0.1) is 0 Å². The van der Waals surface area contributed by atoms with Crippen molar-refractivity contribution in [2.75, 3.05) is 13.1 Å². The lowest BCUT2D eigenvalue weighted by Crippen LogP contribution is -2.57. The molecule has 0 N–H and O–H groups in total. The van der Waals surface area contributed by atoms with Gasteiger partial charge in [0, 0.05) is 34.0 Å². The molecule has 5 heterocycles. The van der Waals surface area contributed by atoms with Crippen LogP contribution in [0.1, 0.15) is 49.4 Å². The number of piperidine rings is 3. The molecular weight excluding hydrogens is 308 g/mol. The number of rotatable bonds is 1. The van der Waals surface area contributed by atoms with E-state index in [1.54, 1.807) is 0 Å². The van der Waals surface area contributed by atoms with Gasteiger partial charge < -0.3 is 4.42 Å². The van der Waals surface area contributed by atoms with Gasteiger partial charge in [0.2, 0.25) is 5.71 Å². The molecule has 0 amide bonds. The third kappa shape index (κ3) is 2.05. The van der Waals surface area contributed by atoms with Crippen LogP contribution in [0.15, 0.2) is 28.7 Å². The van der Waals surface area contributed by atoms with Gasteiger partial charge in [0.05, 0.1) is 0 Å². The molecule has 2 bridgehead atoms. The Balaban J connectivity index is 1.81. The quantitative estimate of drug-likeness (QED) is 0.613. The molecule has 3 saturated heterocycles. The molecule has 0 spiro atoms. The summed E-state index contributed by atoms with van der Waals surface area (Å²) in [5.74, 6) is 0.528. The number of aromatic nitrogens is 1. The van der Waals surface area contributed by atoms with Gasteiger partial charge in [-0.2, -0.15) is 0 Å². The highest BCUT2D eigenvalue weighted by Crippen LogP contribution is 2.54. The summed E-state index contributed by atoms with van der Waals surface area (Å²) < 4.78 is 6.37. The van der Waals surface area contributed by atoms with Crippen molar-refractivity contribution in [2.24, 2.45) is 5.41 Å². The van der Waals surface area contributed by atoms with E-state index in [-0.39, 0.29) is 0 Å². The molecule has 3 aliphatic rings. The van der Waals surface area contributed by atoms with Crippen molar-refractivity contribution in [3.63, 3.8) is 0 Å². The standard InChI is InChI=1S/C22H26N2O/c1-13-5-7-16-17-8-6-14(2)23-21(17)25-20(16)18(13)19-15(3)24-11-9-22(19,4)10-12-24/h5-8,15,19H,9-12H2,1-4H3. The molecule has 3 aromatic rings. The van der Waals surface area contributed by atoms with Crippen molar-refractivity contribution in [3.05, 3.63) is 41.1 Å². The number of pyridine rings is 1. The van der Waals surface area contributed by atoms with Crippen LogP contribution in [0.4, 0.5) is 0 Å². The molecule has 1 aromatic carbocycles. The van der Waals surface area contributed by atoms with E-state index in [0.29, 0.717) is 17.4 Å². The lowest BCUT2D eigenvalue weighted by Gasteiger charge is -2.56. The number of fused-ring (bicyclic) bond motifs is 6. The highest BCUT2D eigenvalue weighted by Gasteiger charge is 2.49. The van der Waals surface area contributed by atoms with E-state index >= 15 is 0 Å². The van der Waals surface area contributed by atoms with Gasteiger partial charge in [-0.3, -0.25) is 4.90 Å². The SMILES string of the molecule is Cc1ccc2c(n1)oc1c(C3C(C)N4CCC3(C)CC4)c(C)ccc12. The summed E-state index contributed by atoms with van der Waals surface area (Å²) in [4.78, 5) is 7.30. The summed E-state index contributed by atoms with van der Waals surface area (Å²) in [6.45, 7) is 11.6. The van der Waals surface area contributed by atoms with Crippen LogP contribution in [-0.2, 0) is 0 Å². The van der Waals surface area contributed by atoms with Crippen LogP contribution in [0.3, 0.4) is 0 Å². The normalized spacial score (nSPS) is 31.9. The molecule has 0 saturated carbocycles. The van der Waals surface area contributed by atoms with Crippen molar-refractivity contribution >= 4 is 22.1 Å². The van der Waals surface area contributed by atoms with Gasteiger partial charge in [-0.25, -0.2) is 4.98 Å². The zero-order chi connectivity index (χ0) is 17.3. The van der Waals surface area contributed by atoms with Crippen molar-refractivity contribution in [3.8, 4) is 0 Å². The molecule has 0 aliphatic carbocycles. The second-order valence-electron chi connectivity index (χ2n) is 8.49. The summed E-state index contributed by atoms with van der Waals surface area (Å²) in [6, 6.07) is 9.30. The number of hydrogen-bond acceptors (Lipinski definition) is 3. The minimum Gasteiger partial charge on any atom is -0.437 e. The van der Waals surface area contributed by atoms with Crippen LogP contribution in [0, 0.1) is 19.3 Å². The molecule has 2 aromatic heterocycles. The van der Waals surface area contributed by atoms with Crippen LogP contribution in [-0.4, -0.2) is 29.0 Å². The summed E-state index contributed by atoms with van der Waals surface area (Å²) in [6.07, 6.45) is 2.57. The maximum Gasteiger partial charge on any atom is 0.227 e. The number of aryl methyl sites for hydroxylation is 2. The Morgan fingerprint density at radius 2 is 1.80 bits per heavy atom. The van der Waals surface area contributed by atoms with Crippen molar-refractivity contribution in [1.82, 2.24) is 9.88 Å². The lowest BCUT2D eigenvalue weighted by molar-refractivity contribution is -0.0267. The zero-order valence-electron chi connectivity index (χ0n) is 15.6. The van der Waals surface area contributed by atoms with Crippen LogP contribution >= 0.6 is 0 Å². The van der Waals surface area contributed by atoms with E-state index in [2.05, 4.69) is 54.9 Å². The van der Waals surface area contributed by atoms with Gasteiger partial charge in [0.25, 0.3) is 0 Å². The molecule has 3 aliphatic heterocycles. The molecule has 130 valence electrons. The van der Waals surface area contributed by atoms with Crippen molar-refractivity contribution in [2.45, 2.75) is 52.5 Å². The predicted octanol–water partition coefficient (Wildman–Crippen LogP) is 5.19. The molecule has 0 radical (unpaired) electrons. The largest absolute Gasteiger partial charge is 0.437 e. The van der Waals surface area contributed by atoms with Gasteiger partial charge in [0.15, 0.2) is 0 Å². The maximum atomic E-state index is 6.37. The van der Waals surface area contributed by atoms with E-state index < -0.39 is 0 Å². The molecule has 3 heteroatoms. The van der Waals surface area contributed by atoms with Gasteiger partial charge >= 0.3 is 0 Å². The smallest absolute Gasteiger partial charge is 0.227 e. The Hall–Kier alpha value is -1.87. The maximum absolute atomic E-state index is 6.37. The molecule has 3 fully saturated rings. The van der Waals surface area contributed by atoms with E-state index in [9.17, 15) is 0 Å². The average Bonchev–Trinajstić information content (AvgIpc) is 2.94. The first kappa shape index (κ1) is 15.4. The van der Waals surface area contributed by atoms with Gasteiger partial charge in [-0.05, 0) is 69.8 Å². The number of nitrogens with zero attached hydrogens (tertiary/aromatic N) is 2. The van der Waals surface area contributed by atoms with Gasteiger partial charge in [-0.1, -0.05) is 19.1 Å². The first-order valence-electron chi connectivity index (χ1n) is 9.51. The lowest BCUT2D eigenvalue weighted by atomic mass is 9.60. The highest BCUT2D eigenvalue weighted by atomic mass is 16.3. The Labute approximate surface area is 149 Å². The Bertz CT molecular complexity index is 979. The Kier molecular flexibility index (Phi) is 3.12. The summed E-state index contributed by atoms with van der Waals surface area (Å²) >= 11 is 0. The fourth-order valence-electron chi connectivity index (χ4n) is 5.45. The average molecular weight is 334 g/mol. The molecule has 2 atom stereocenters. The van der Waals surface area contributed by atoms with E-state index in [1.807, 2.05) is 6.92 Å².